The van der Waals surface area contributed by atoms with Crippen molar-refractivity contribution in [3.63, 3.8) is 0 Å². The van der Waals surface area contributed by atoms with Gasteiger partial charge in [0.25, 0.3) is 11.6 Å². The number of esters is 1. The van der Waals surface area contributed by atoms with Crippen LogP contribution in [0.3, 0.4) is 0 Å². The normalized spacial score (nSPS) is 10.9. The Morgan fingerprint density at radius 1 is 0.925 bits per heavy atom. The molecule has 0 spiro atoms. The van der Waals surface area contributed by atoms with Crippen LogP contribution in [0.25, 0.3) is 22.2 Å². The summed E-state index contributed by atoms with van der Waals surface area (Å²) in [6.07, 6.45) is 1.45. The number of nitro benzene ring substituents is 1. The Bertz CT molecular complexity index is 1770. The van der Waals surface area contributed by atoms with Crippen molar-refractivity contribution in [3.05, 3.63) is 135 Å². The minimum atomic E-state index is -0.722. The van der Waals surface area contributed by atoms with Crippen molar-refractivity contribution in [1.82, 2.24) is 10.4 Å². The largest absolute Gasteiger partial charge is 0.423 e. The number of aromatic nitrogens is 1. The molecule has 1 amide bonds. The number of rotatable bonds is 7. The number of hydrazone groups is 1. The van der Waals surface area contributed by atoms with Gasteiger partial charge in [-0.1, -0.05) is 48.0 Å². The highest BCUT2D eigenvalue weighted by Gasteiger charge is 2.15. The number of nitro groups is 1. The molecule has 0 unspecified atom stereocenters. The molecule has 5 rings (SSSR count). The Hall–Kier alpha value is -5.41. The van der Waals surface area contributed by atoms with Crippen molar-refractivity contribution in [1.29, 1.82) is 0 Å². The number of ether oxygens (including phenoxy) is 1. The number of hydrogen-bond donors (Lipinski definition) is 1. The first-order chi connectivity index (χ1) is 19.4. The second-order valence-corrected chi connectivity index (χ2v) is 8.98. The zero-order valence-corrected chi connectivity index (χ0v) is 21.4. The molecular formula is C30H19ClN4O5. The SMILES string of the molecule is O=C(Oc1ccc(/C=N\NC(=O)c2cc(-c3ccc(Cl)cc3)nc3ccccc23)cc1)c1cccc([N+](=O)[O-])c1. The monoisotopic (exact) mass is 550 g/mol. The standard InChI is InChI=1S/C30H19ClN4O5/c31-22-12-10-20(11-13-22)28-17-26(25-6-1-2-7-27(25)33-28)29(36)34-32-18-19-8-14-24(15-9-19)40-30(37)21-4-3-5-23(16-21)35(38)39/h1-18H,(H,34,36)/b32-18-. The fourth-order valence-corrected chi connectivity index (χ4v) is 4.02. The van der Waals surface area contributed by atoms with Crippen LogP contribution in [-0.4, -0.2) is 28.0 Å². The number of non-ortho nitro benzene ring substituents is 1. The number of nitrogens with one attached hydrogen (secondary N) is 1. The first-order valence-corrected chi connectivity index (χ1v) is 12.3. The lowest BCUT2D eigenvalue weighted by Gasteiger charge is -2.09. The second-order valence-electron chi connectivity index (χ2n) is 8.54. The van der Waals surface area contributed by atoms with Crippen LogP contribution in [0.15, 0.2) is 108 Å². The van der Waals surface area contributed by atoms with E-state index in [1.807, 2.05) is 36.4 Å². The maximum Gasteiger partial charge on any atom is 0.343 e. The molecule has 1 N–H and O–H groups in total. The molecule has 0 aliphatic heterocycles. The second kappa shape index (κ2) is 11.5. The van der Waals surface area contributed by atoms with Gasteiger partial charge >= 0.3 is 5.97 Å². The Morgan fingerprint density at radius 2 is 1.68 bits per heavy atom. The van der Waals surface area contributed by atoms with E-state index in [2.05, 4.69) is 15.5 Å². The quantitative estimate of drug-likeness (QED) is 0.0816. The Balaban J connectivity index is 1.28. The van der Waals surface area contributed by atoms with Gasteiger partial charge in [-0.25, -0.2) is 15.2 Å². The van der Waals surface area contributed by atoms with E-state index in [-0.39, 0.29) is 17.0 Å². The molecule has 0 saturated carbocycles. The summed E-state index contributed by atoms with van der Waals surface area (Å²) in [4.78, 5) is 40.5. The van der Waals surface area contributed by atoms with Crippen molar-refractivity contribution >= 4 is 46.3 Å². The average molecular weight is 551 g/mol. The number of para-hydroxylation sites is 1. The van der Waals surface area contributed by atoms with Crippen LogP contribution in [0.2, 0.25) is 5.02 Å². The fraction of sp³-hybridized carbons (Fsp3) is 0. The van der Waals surface area contributed by atoms with Crippen molar-refractivity contribution in [3.8, 4) is 17.0 Å². The number of hydrogen-bond acceptors (Lipinski definition) is 7. The van der Waals surface area contributed by atoms with E-state index in [0.29, 0.717) is 32.7 Å². The van der Waals surface area contributed by atoms with Crippen LogP contribution in [0, 0.1) is 10.1 Å². The third kappa shape index (κ3) is 6.01. The molecule has 0 bridgehead atoms. The van der Waals surface area contributed by atoms with Gasteiger partial charge in [0, 0.05) is 28.1 Å². The number of carbonyl (C=O) groups excluding carboxylic acids is 2. The molecule has 4 aromatic carbocycles. The number of fused-ring (bicyclic) bond motifs is 1. The van der Waals surface area contributed by atoms with Gasteiger partial charge in [-0.3, -0.25) is 14.9 Å². The van der Waals surface area contributed by atoms with Gasteiger partial charge in [0.2, 0.25) is 0 Å². The zero-order chi connectivity index (χ0) is 28.1. The van der Waals surface area contributed by atoms with Crippen LogP contribution in [-0.2, 0) is 0 Å². The van der Waals surface area contributed by atoms with Crippen molar-refractivity contribution in [2.24, 2.45) is 5.10 Å². The number of nitrogens with zero attached hydrogens (tertiary/aromatic N) is 3. The lowest BCUT2D eigenvalue weighted by atomic mass is 10.0. The summed E-state index contributed by atoms with van der Waals surface area (Å²) in [7, 11) is 0. The smallest absolute Gasteiger partial charge is 0.343 e. The molecule has 5 aromatic rings. The van der Waals surface area contributed by atoms with Gasteiger partial charge in [-0.2, -0.15) is 5.10 Å². The number of benzene rings is 4. The molecule has 9 nitrogen and oxygen atoms in total. The Kier molecular flexibility index (Phi) is 7.56. The van der Waals surface area contributed by atoms with Gasteiger partial charge in [-0.15, -0.1) is 0 Å². The first kappa shape index (κ1) is 26.2. The zero-order valence-electron chi connectivity index (χ0n) is 20.7. The maximum absolute atomic E-state index is 13.1. The molecule has 0 fully saturated rings. The number of halogens is 1. The highest BCUT2D eigenvalue weighted by atomic mass is 35.5. The molecule has 1 heterocycles. The summed E-state index contributed by atoms with van der Waals surface area (Å²) in [5, 5.41) is 16.3. The van der Waals surface area contributed by atoms with E-state index < -0.39 is 16.8 Å². The molecule has 196 valence electrons. The summed E-state index contributed by atoms with van der Waals surface area (Å²) < 4.78 is 5.30. The first-order valence-electron chi connectivity index (χ1n) is 11.9. The predicted molar refractivity (Wildman–Crippen MR) is 152 cm³/mol. The lowest BCUT2D eigenvalue weighted by Crippen LogP contribution is -2.18. The van der Waals surface area contributed by atoms with Crippen LogP contribution < -0.4 is 10.2 Å². The topological polar surface area (TPSA) is 124 Å². The molecule has 40 heavy (non-hydrogen) atoms. The molecule has 0 saturated heterocycles. The van der Waals surface area contributed by atoms with E-state index in [9.17, 15) is 19.7 Å². The summed E-state index contributed by atoms with van der Waals surface area (Å²) in [6.45, 7) is 0. The lowest BCUT2D eigenvalue weighted by molar-refractivity contribution is -0.384. The molecule has 0 aliphatic rings. The number of amides is 1. The van der Waals surface area contributed by atoms with E-state index in [1.165, 1.54) is 24.4 Å². The van der Waals surface area contributed by atoms with Gasteiger partial charge in [0.15, 0.2) is 0 Å². The van der Waals surface area contributed by atoms with Gasteiger partial charge in [-0.05, 0) is 60.2 Å². The van der Waals surface area contributed by atoms with E-state index in [1.54, 1.807) is 42.5 Å². The summed E-state index contributed by atoms with van der Waals surface area (Å²) in [5.74, 6) is -0.886. The van der Waals surface area contributed by atoms with Crippen LogP contribution >= 0.6 is 11.6 Å². The van der Waals surface area contributed by atoms with E-state index in [4.69, 9.17) is 16.3 Å². The molecule has 0 atom stereocenters. The fourth-order valence-electron chi connectivity index (χ4n) is 3.89. The highest BCUT2D eigenvalue weighted by Crippen LogP contribution is 2.26. The third-order valence-electron chi connectivity index (χ3n) is 5.86. The number of pyridine rings is 1. The summed E-state index contributed by atoms with van der Waals surface area (Å²) in [6, 6.07) is 27.9. The van der Waals surface area contributed by atoms with Crippen LogP contribution in [0.1, 0.15) is 26.3 Å². The van der Waals surface area contributed by atoms with E-state index in [0.717, 1.165) is 11.6 Å². The van der Waals surface area contributed by atoms with Crippen LogP contribution in [0.5, 0.6) is 5.75 Å². The molecule has 0 aliphatic carbocycles. The van der Waals surface area contributed by atoms with Gasteiger partial charge in [0.1, 0.15) is 5.75 Å². The Morgan fingerprint density at radius 3 is 2.42 bits per heavy atom. The van der Waals surface area contributed by atoms with Crippen molar-refractivity contribution < 1.29 is 19.2 Å². The molecular weight excluding hydrogens is 532 g/mol. The highest BCUT2D eigenvalue weighted by molar-refractivity contribution is 6.30. The summed E-state index contributed by atoms with van der Waals surface area (Å²) in [5.41, 5.74) is 5.57. The molecule has 0 radical (unpaired) electrons. The molecule has 10 heteroatoms. The van der Waals surface area contributed by atoms with E-state index >= 15 is 0 Å². The number of carbonyl (C=O) groups is 2. The molecule has 1 aromatic heterocycles. The van der Waals surface area contributed by atoms with Gasteiger partial charge < -0.3 is 4.74 Å². The van der Waals surface area contributed by atoms with Crippen molar-refractivity contribution in [2.45, 2.75) is 0 Å². The Labute approximate surface area is 232 Å². The predicted octanol–water partition coefficient (Wildman–Crippen LogP) is 6.45. The van der Waals surface area contributed by atoms with Gasteiger partial charge in [0.05, 0.1) is 33.5 Å². The summed E-state index contributed by atoms with van der Waals surface area (Å²) >= 11 is 6.01. The maximum atomic E-state index is 13.1. The minimum Gasteiger partial charge on any atom is -0.423 e. The van der Waals surface area contributed by atoms with Crippen molar-refractivity contribution in [2.75, 3.05) is 0 Å². The minimum absolute atomic E-state index is 0.0606. The van der Waals surface area contributed by atoms with Crippen LogP contribution in [0.4, 0.5) is 5.69 Å². The average Bonchev–Trinajstić information content (AvgIpc) is 2.97. The third-order valence-corrected chi connectivity index (χ3v) is 6.12.